The molecule has 0 aromatic heterocycles. The molecular weight excluding hydrogens is 560 g/mol. The zero-order chi connectivity index (χ0) is 30.5. The number of piperidine rings is 1. The Bertz CT molecular complexity index is 1380. The first kappa shape index (κ1) is 32.5. The fourth-order valence-corrected chi connectivity index (χ4v) is 6.10. The van der Waals surface area contributed by atoms with Crippen molar-refractivity contribution in [3.05, 3.63) is 55.1 Å². The number of carbonyl (C=O) groups is 3. The first-order chi connectivity index (χ1) is 20.2. The number of amides is 2. The number of esters is 1. The molecule has 42 heavy (non-hydrogen) atoms. The molecule has 12 nitrogen and oxygen atoms in total. The quantitative estimate of drug-likeness (QED) is 0.0693. The van der Waals surface area contributed by atoms with Crippen LogP contribution in [-0.2, 0) is 29.1 Å². The molecule has 2 atom stereocenters. The Hall–Kier alpha value is -3.97. The van der Waals surface area contributed by atoms with Crippen LogP contribution in [0.2, 0.25) is 0 Å². The fraction of sp³-hybridized carbons (Fsp3) is 0.448. The van der Waals surface area contributed by atoms with Gasteiger partial charge in [0.25, 0.3) is 0 Å². The minimum Gasteiger partial charge on any atom is -0.466 e. The molecule has 1 aliphatic heterocycles. The van der Waals surface area contributed by atoms with E-state index in [-0.39, 0.29) is 36.9 Å². The maximum absolute atomic E-state index is 13.7. The second kappa shape index (κ2) is 15.9. The topological polar surface area (TPSA) is 163 Å². The summed E-state index contributed by atoms with van der Waals surface area (Å²) in [5, 5.41) is 7.98. The third-order valence-corrected chi connectivity index (χ3v) is 8.41. The van der Waals surface area contributed by atoms with E-state index in [1.165, 1.54) is 23.1 Å². The minimum absolute atomic E-state index is 0.0277. The van der Waals surface area contributed by atoms with Gasteiger partial charge in [0, 0.05) is 32.7 Å². The third-order valence-electron chi connectivity index (χ3n) is 6.94. The van der Waals surface area contributed by atoms with Gasteiger partial charge in [-0.25, -0.2) is 8.42 Å². The molecule has 228 valence electrons. The van der Waals surface area contributed by atoms with Crippen molar-refractivity contribution in [1.29, 1.82) is 0 Å². The summed E-state index contributed by atoms with van der Waals surface area (Å²) < 4.78 is 34.4. The van der Waals surface area contributed by atoms with Gasteiger partial charge in [-0.3, -0.25) is 14.4 Å². The van der Waals surface area contributed by atoms with E-state index in [4.69, 9.17) is 10.6 Å². The molecule has 2 aromatic rings. The SMILES string of the molecule is C=CCN(CCC(=O)OCC)C(=O)[C@H](CC(=O)NC[C@@H]1CCCN(C=NN)C1)NS(=O)(=O)c1ccc2ccccc2c1. The van der Waals surface area contributed by atoms with Gasteiger partial charge in [0.1, 0.15) is 12.4 Å². The molecular formula is C29H40N6O6S. The highest BCUT2D eigenvalue weighted by molar-refractivity contribution is 7.89. The summed E-state index contributed by atoms with van der Waals surface area (Å²) in [6.45, 7) is 7.41. The molecule has 1 aliphatic rings. The van der Waals surface area contributed by atoms with Gasteiger partial charge in [-0.05, 0) is 48.6 Å². The molecule has 0 radical (unpaired) electrons. The summed E-state index contributed by atoms with van der Waals surface area (Å²) in [6.07, 6.45) is 4.32. The maximum atomic E-state index is 13.7. The lowest BCUT2D eigenvalue weighted by Crippen LogP contribution is -2.51. The normalized spacial score (nSPS) is 16.2. The average Bonchev–Trinajstić information content (AvgIpc) is 2.97. The lowest BCUT2D eigenvalue weighted by Gasteiger charge is -2.31. The minimum atomic E-state index is -4.21. The van der Waals surface area contributed by atoms with E-state index in [2.05, 4.69) is 21.7 Å². The third kappa shape index (κ3) is 9.55. The molecule has 0 aliphatic carbocycles. The van der Waals surface area contributed by atoms with Crippen LogP contribution in [0.3, 0.4) is 0 Å². The molecule has 3 rings (SSSR count). The fourth-order valence-electron chi connectivity index (χ4n) is 4.88. The summed E-state index contributed by atoms with van der Waals surface area (Å²) in [5.41, 5.74) is 0. The van der Waals surface area contributed by atoms with Gasteiger partial charge in [-0.15, -0.1) is 6.58 Å². The Morgan fingerprint density at radius 3 is 2.71 bits per heavy atom. The summed E-state index contributed by atoms with van der Waals surface area (Å²) in [6, 6.07) is 10.5. The van der Waals surface area contributed by atoms with Gasteiger partial charge in [0.2, 0.25) is 21.8 Å². The van der Waals surface area contributed by atoms with Crippen molar-refractivity contribution in [2.45, 2.75) is 43.5 Å². The lowest BCUT2D eigenvalue weighted by atomic mass is 9.98. The highest BCUT2D eigenvalue weighted by atomic mass is 32.2. The van der Waals surface area contributed by atoms with Crippen LogP contribution >= 0.6 is 0 Å². The number of rotatable bonds is 15. The number of hydrogen-bond acceptors (Lipinski definition) is 8. The molecule has 2 aromatic carbocycles. The van der Waals surface area contributed by atoms with Crippen LogP contribution in [-0.4, -0.2) is 87.7 Å². The number of benzene rings is 2. The molecule has 13 heteroatoms. The predicted octanol–water partition coefficient (Wildman–Crippen LogP) is 1.57. The number of likely N-dealkylation sites (tertiary alicyclic amines) is 1. The van der Waals surface area contributed by atoms with Crippen molar-refractivity contribution in [3.8, 4) is 0 Å². The van der Waals surface area contributed by atoms with E-state index in [0.29, 0.717) is 18.5 Å². The number of fused-ring (bicyclic) bond motifs is 1. The predicted molar refractivity (Wildman–Crippen MR) is 161 cm³/mol. The molecule has 0 spiro atoms. The molecule has 1 heterocycles. The van der Waals surface area contributed by atoms with E-state index < -0.39 is 40.3 Å². The second-order valence-corrected chi connectivity index (χ2v) is 11.8. The number of nitrogens with one attached hydrogen (secondary N) is 2. The second-order valence-electron chi connectivity index (χ2n) is 10.1. The average molecular weight is 601 g/mol. The first-order valence-electron chi connectivity index (χ1n) is 14.0. The van der Waals surface area contributed by atoms with E-state index in [9.17, 15) is 22.8 Å². The number of carbonyl (C=O) groups excluding carboxylic acids is 3. The summed E-state index contributed by atoms with van der Waals surface area (Å²) >= 11 is 0. The summed E-state index contributed by atoms with van der Waals surface area (Å²) in [7, 11) is -4.21. The standard InChI is InChI=1S/C29H40N6O6S/c1-3-14-35(16-13-28(37)41-4-2)29(38)26(18-27(36)31-19-22-8-7-15-34(20-22)21-32-30)33-42(39,40)25-12-11-23-9-5-6-10-24(23)17-25/h3,5-6,9-12,17,21-22,26,33H,1,4,7-8,13-16,18-20,30H2,2H3,(H,31,36)/t22-,26-/m0/s1. The van der Waals surface area contributed by atoms with E-state index in [0.717, 1.165) is 24.8 Å². The number of ether oxygens (including phenoxy) is 1. The molecule has 0 unspecified atom stereocenters. The molecule has 1 saturated heterocycles. The largest absolute Gasteiger partial charge is 0.466 e. The van der Waals surface area contributed by atoms with Crippen molar-refractivity contribution in [2.24, 2.45) is 16.9 Å². The van der Waals surface area contributed by atoms with Crippen molar-refractivity contribution < 1.29 is 27.5 Å². The zero-order valence-corrected chi connectivity index (χ0v) is 24.7. The lowest BCUT2D eigenvalue weighted by molar-refractivity contribution is -0.144. The molecule has 2 amide bonds. The Balaban J connectivity index is 1.79. The Kier molecular flexibility index (Phi) is 12.3. The summed E-state index contributed by atoms with van der Waals surface area (Å²) in [4.78, 5) is 41.9. The van der Waals surface area contributed by atoms with Crippen LogP contribution < -0.4 is 15.9 Å². The van der Waals surface area contributed by atoms with E-state index >= 15 is 0 Å². The van der Waals surface area contributed by atoms with Crippen molar-refractivity contribution in [3.63, 3.8) is 0 Å². The van der Waals surface area contributed by atoms with Gasteiger partial charge in [0.15, 0.2) is 0 Å². The van der Waals surface area contributed by atoms with Crippen LogP contribution in [0.5, 0.6) is 0 Å². The number of hydrogen-bond donors (Lipinski definition) is 3. The van der Waals surface area contributed by atoms with Gasteiger partial charge < -0.3 is 25.7 Å². The monoisotopic (exact) mass is 600 g/mol. The van der Waals surface area contributed by atoms with Crippen molar-refractivity contribution in [1.82, 2.24) is 19.8 Å². The smallest absolute Gasteiger partial charge is 0.307 e. The van der Waals surface area contributed by atoms with Gasteiger partial charge in [0.05, 0.1) is 24.3 Å². The first-order valence-corrected chi connectivity index (χ1v) is 15.5. The molecule has 0 bridgehead atoms. The molecule has 4 N–H and O–H groups in total. The Morgan fingerprint density at radius 1 is 1.24 bits per heavy atom. The van der Waals surface area contributed by atoms with Crippen LogP contribution in [0.1, 0.15) is 32.6 Å². The van der Waals surface area contributed by atoms with Crippen LogP contribution in [0, 0.1) is 5.92 Å². The number of nitrogens with zero attached hydrogens (tertiary/aromatic N) is 3. The van der Waals surface area contributed by atoms with Crippen LogP contribution in [0.25, 0.3) is 10.8 Å². The van der Waals surface area contributed by atoms with E-state index in [1.807, 2.05) is 17.0 Å². The van der Waals surface area contributed by atoms with Crippen molar-refractivity contribution >= 4 is 44.9 Å². The zero-order valence-electron chi connectivity index (χ0n) is 23.9. The Labute approximate surface area is 247 Å². The maximum Gasteiger partial charge on any atom is 0.307 e. The number of nitrogens with two attached hydrogens (primary N) is 1. The highest BCUT2D eigenvalue weighted by Crippen LogP contribution is 2.20. The van der Waals surface area contributed by atoms with Gasteiger partial charge in [-0.2, -0.15) is 9.82 Å². The van der Waals surface area contributed by atoms with Crippen LogP contribution in [0.4, 0.5) is 0 Å². The number of hydrazone groups is 1. The van der Waals surface area contributed by atoms with Crippen LogP contribution in [0.15, 0.2) is 65.1 Å². The Morgan fingerprint density at radius 2 is 2.00 bits per heavy atom. The van der Waals surface area contributed by atoms with Crippen molar-refractivity contribution in [2.75, 3.05) is 39.3 Å². The van der Waals surface area contributed by atoms with Gasteiger partial charge >= 0.3 is 5.97 Å². The molecule has 1 fully saturated rings. The van der Waals surface area contributed by atoms with Gasteiger partial charge in [-0.1, -0.05) is 36.4 Å². The summed E-state index contributed by atoms with van der Waals surface area (Å²) in [5.74, 6) is 3.78. The highest BCUT2D eigenvalue weighted by Gasteiger charge is 2.32. The van der Waals surface area contributed by atoms with E-state index in [1.54, 1.807) is 31.5 Å². The number of sulfonamides is 1. The molecule has 0 saturated carbocycles.